The lowest BCUT2D eigenvalue weighted by molar-refractivity contribution is -0.123. The standard InChI is InChI=1S/C25H20ClNO4S/c1-30-22-13-18(10-11-21(22)31-16-17-6-3-2-4-7-17)14-23-24(28)27(25(29)32-23)15-19-8-5-9-20(26)12-19/h2-14H,15-16H2,1H3/b23-14-. The summed E-state index contributed by atoms with van der Waals surface area (Å²) in [5, 5.41) is 0.252. The summed E-state index contributed by atoms with van der Waals surface area (Å²) >= 11 is 6.93. The minimum Gasteiger partial charge on any atom is -0.493 e. The average Bonchev–Trinajstić information content (AvgIpc) is 3.06. The summed E-state index contributed by atoms with van der Waals surface area (Å²) < 4.78 is 11.3. The van der Waals surface area contributed by atoms with E-state index in [0.29, 0.717) is 28.0 Å². The van der Waals surface area contributed by atoms with E-state index in [-0.39, 0.29) is 17.7 Å². The minimum atomic E-state index is -0.330. The number of benzene rings is 3. The highest BCUT2D eigenvalue weighted by atomic mass is 35.5. The molecule has 5 nitrogen and oxygen atoms in total. The van der Waals surface area contributed by atoms with Gasteiger partial charge in [-0.3, -0.25) is 14.5 Å². The first kappa shape index (κ1) is 22.0. The Kier molecular flexibility index (Phi) is 6.83. The van der Waals surface area contributed by atoms with Gasteiger partial charge in [0.25, 0.3) is 11.1 Å². The number of imide groups is 1. The second-order valence-corrected chi connectivity index (χ2v) is 8.51. The Morgan fingerprint density at radius 3 is 2.47 bits per heavy atom. The fourth-order valence-corrected chi connectivity index (χ4v) is 4.29. The molecule has 1 aliphatic heterocycles. The highest BCUT2D eigenvalue weighted by Gasteiger charge is 2.35. The fraction of sp³-hybridized carbons (Fsp3) is 0.120. The highest BCUT2D eigenvalue weighted by molar-refractivity contribution is 8.18. The number of hydrogen-bond acceptors (Lipinski definition) is 5. The van der Waals surface area contributed by atoms with Crippen molar-refractivity contribution in [2.75, 3.05) is 7.11 Å². The molecule has 1 aliphatic rings. The third kappa shape index (κ3) is 5.15. The van der Waals surface area contributed by atoms with Crippen molar-refractivity contribution < 1.29 is 19.1 Å². The summed E-state index contributed by atoms with van der Waals surface area (Å²) in [6.45, 7) is 0.594. The van der Waals surface area contributed by atoms with E-state index >= 15 is 0 Å². The largest absolute Gasteiger partial charge is 0.493 e. The van der Waals surface area contributed by atoms with Crippen LogP contribution in [0.4, 0.5) is 4.79 Å². The number of ether oxygens (including phenoxy) is 2. The number of amides is 2. The predicted molar refractivity (Wildman–Crippen MR) is 127 cm³/mol. The summed E-state index contributed by atoms with van der Waals surface area (Å²) in [4.78, 5) is 26.8. The van der Waals surface area contributed by atoms with E-state index < -0.39 is 0 Å². The lowest BCUT2D eigenvalue weighted by Gasteiger charge is -2.13. The quantitative estimate of drug-likeness (QED) is 0.391. The van der Waals surface area contributed by atoms with E-state index in [0.717, 1.165) is 28.5 Å². The molecular weight excluding hydrogens is 446 g/mol. The molecule has 3 aromatic carbocycles. The van der Waals surface area contributed by atoms with Gasteiger partial charge in [0.05, 0.1) is 18.6 Å². The lowest BCUT2D eigenvalue weighted by Crippen LogP contribution is -2.27. The third-order valence-electron chi connectivity index (χ3n) is 4.83. The van der Waals surface area contributed by atoms with Crippen LogP contribution in [-0.2, 0) is 17.9 Å². The van der Waals surface area contributed by atoms with Gasteiger partial charge in [0, 0.05) is 5.02 Å². The maximum Gasteiger partial charge on any atom is 0.293 e. The van der Waals surface area contributed by atoms with Crippen LogP contribution in [0.5, 0.6) is 11.5 Å². The first-order chi connectivity index (χ1) is 15.5. The molecule has 0 atom stereocenters. The molecule has 4 rings (SSSR count). The van der Waals surface area contributed by atoms with Crippen molar-refractivity contribution in [1.82, 2.24) is 4.90 Å². The van der Waals surface area contributed by atoms with E-state index in [1.165, 1.54) is 4.90 Å². The van der Waals surface area contributed by atoms with E-state index in [1.54, 1.807) is 43.5 Å². The maximum absolute atomic E-state index is 12.8. The fourth-order valence-electron chi connectivity index (χ4n) is 3.23. The molecule has 0 aromatic heterocycles. The number of rotatable bonds is 7. The van der Waals surface area contributed by atoms with E-state index in [1.807, 2.05) is 42.5 Å². The Hall–Kier alpha value is -3.22. The predicted octanol–water partition coefficient (Wildman–Crippen LogP) is 6.16. The molecule has 2 amide bonds. The Balaban J connectivity index is 1.49. The Morgan fingerprint density at radius 2 is 1.72 bits per heavy atom. The van der Waals surface area contributed by atoms with Gasteiger partial charge in [0.1, 0.15) is 6.61 Å². The molecule has 0 radical (unpaired) electrons. The first-order valence-corrected chi connectivity index (χ1v) is 11.1. The molecule has 0 aliphatic carbocycles. The van der Waals surface area contributed by atoms with Crippen LogP contribution in [0.3, 0.4) is 0 Å². The molecule has 3 aromatic rings. The number of carbonyl (C=O) groups is 2. The highest BCUT2D eigenvalue weighted by Crippen LogP contribution is 2.35. The van der Waals surface area contributed by atoms with Crippen LogP contribution in [0.1, 0.15) is 16.7 Å². The summed E-state index contributed by atoms with van der Waals surface area (Å²) in [5.41, 5.74) is 2.58. The first-order valence-electron chi connectivity index (χ1n) is 9.88. The second-order valence-electron chi connectivity index (χ2n) is 7.08. The van der Waals surface area contributed by atoms with Gasteiger partial charge in [-0.05, 0) is 58.8 Å². The van der Waals surface area contributed by atoms with Crippen LogP contribution in [0.25, 0.3) is 6.08 Å². The molecule has 0 N–H and O–H groups in total. The monoisotopic (exact) mass is 465 g/mol. The van der Waals surface area contributed by atoms with Crippen molar-refractivity contribution in [2.45, 2.75) is 13.2 Å². The number of carbonyl (C=O) groups excluding carboxylic acids is 2. The smallest absolute Gasteiger partial charge is 0.293 e. The molecule has 7 heteroatoms. The van der Waals surface area contributed by atoms with Crippen LogP contribution in [0.15, 0.2) is 77.7 Å². The van der Waals surface area contributed by atoms with Crippen molar-refractivity contribution in [3.05, 3.63) is 99.4 Å². The van der Waals surface area contributed by atoms with Crippen molar-refractivity contribution in [3.63, 3.8) is 0 Å². The van der Waals surface area contributed by atoms with E-state index in [9.17, 15) is 9.59 Å². The van der Waals surface area contributed by atoms with Crippen LogP contribution in [0.2, 0.25) is 5.02 Å². The van der Waals surface area contributed by atoms with Crippen molar-refractivity contribution >= 4 is 40.6 Å². The average molecular weight is 466 g/mol. The molecule has 0 saturated carbocycles. The summed E-state index contributed by atoms with van der Waals surface area (Å²) in [6.07, 6.45) is 1.69. The molecular formula is C25H20ClNO4S. The van der Waals surface area contributed by atoms with Crippen LogP contribution in [0, 0.1) is 0 Å². The molecule has 32 heavy (non-hydrogen) atoms. The molecule has 1 saturated heterocycles. The van der Waals surface area contributed by atoms with Gasteiger partial charge in [-0.15, -0.1) is 0 Å². The van der Waals surface area contributed by atoms with Gasteiger partial charge in [0.15, 0.2) is 11.5 Å². The molecule has 0 unspecified atom stereocenters. The topological polar surface area (TPSA) is 55.8 Å². The summed E-state index contributed by atoms with van der Waals surface area (Å²) in [7, 11) is 1.56. The zero-order valence-electron chi connectivity index (χ0n) is 17.3. The Morgan fingerprint density at radius 1 is 0.938 bits per heavy atom. The van der Waals surface area contributed by atoms with E-state index in [2.05, 4.69) is 0 Å². The number of nitrogens with zero attached hydrogens (tertiary/aromatic N) is 1. The maximum atomic E-state index is 12.8. The van der Waals surface area contributed by atoms with Gasteiger partial charge in [-0.1, -0.05) is 60.1 Å². The molecule has 1 heterocycles. The summed E-state index contributed by atoms with van der Waals surface area (Å²) in [6, 6.07) is 22.4. The zero-order valence-corrected chi connectivity index (χ0v) is 18.9. The number of methoxy groups -OCH3 is 1. The number of thioether (sulfide) groups is 1. The molecule has 162 valence electrons. The SMILES string of the molecule is COc1cc(/C=C2\SC(=O)N(Cc3cccc(Cl)c3)C2=O)ccc1OCc1ccccc1. The van der Waals surface area contributed by atoms with Crippen molar-refractivity contribution in [3.8, 4) is 11.5 Å². The molecule has 1 fully saturated rings. The van der Waals surface area contributed by atoms with Gasteiger partial charge in [0.2, 0.25) is 0 Å². The summed E-state index contributed by atoms with van der Waals surface area (Å²) in [5.74, 6) is 0.818. The van der Waals surface area contributed by atoms with E-state index in [4.69, 9.17) is 21.1 Å². The van der Waals surface area contributed by atoms with Crippen LogP contribution >= 0.6 is 23.4 Å². The van der Waals surface area contributed by atoms with Crippen molar-refractivity contribution in [1.29, 1.82) is 0 Å². The zero-order chi connectivity index (χ0) is 22.5. The van der Waals surface area contributed by atoms with Gasteiger partial charge in [-0.2, -0.15) is 0 Å². The van der Waals surface area contributed by atoms with Crippen LogP contribution < -0.4 is 9.47 Å². The van der Waals surface area contributed by atoms with Crippen LogP contribution in [-0.4, -0.2) is 23.2 Å². The molecule has 0 bridgehead atoms. The number of halogens is 1. The van der Waals surface area contributed by atoms with Gasteiger partial charge in [-0.25, -0.2) is 0 Å². The third-order valence-corrected chi connectivity index (χ3v) is 5.97. The molecule has 0 spiro atoms. The van der Waals surface area contributed by atoms with Crippen molar-refractivity contribution in [2.24, 2.45) is 0 Å². The lowest BCUT2D eigenvalue weighted by atomic mass is 10.1. The van der Waals surface area contributed by atoms with Gasteiger partial charge < -0.3 is 9.47 Å². The Labute approximate surface area is 195 Å². The Bertz CT molecular complexity index is 1180. The second kappa shape index (κ2) is 9.94. The normalized spacial score (nSPS) is 14.8. The minimum absolute atomic E-state index is 0.179. The number of hydrogen-bond donors (Lipinski definition) is 0. The van der Waals surface area contributed by atoms with Gasteiger partial charge >= 0.3 is 0 Å².